The standard InChI is InChI=1S/C11H9N3O2/c15-10-7-6-9(13-14-10)11(16)12-8-4-2-1-3-5-8/h1-7,9H,(H,12,16). The van der Waals surface area contributed by atoms with Crippen LogP contribution in [0.15, 0.2) is 52.7 Å². The fourth-order valence-electron chi connectivity index (χ4n) is 1.24. The molecule has 80 valence electrons. The largest absolute Gasteiger partial charge is 0.324 e. The number of benzene rings is 1. The molecule has 1 N–H and O–H groups in total. The fraction of sp³-hybridized carbons (Fsp3) is 0.0909. The van der Waals surface area contributed by atoms with E-state index in [0.717, 1.165) is 0 Å². The Balaban J connectivity index is 2.02. The number of anilines is 1. The number of nitrogens with one attached hydrogen (secondary N) is 1. The first kappa shape index (κ1) is 10.2. The van der Waals surface area contributed by atoms with Gasteiger partial charge in [-0.25, -0.2) is 0 Å². The van der Waals surface area contributed by atoms with Crippen LogP contribution in [0, 0.1) is 0 Å². The van der Waals surface area contributed by atoms with Gasteiger partial charge in [-0.15, -0.1) is 5.11 Å². The summed E-state index contributed by atoms with van der Waals surface area (Å²) in [6, 6.07) is 8.31. The van der Waals surface area contributed by atoms with E-state index in [0.29, 0.717) is 5.69 Å². The molecule has 1 atom stereocenters. The summed E-state index contributed by atoms with van der Waals surface area (Å²) in [6.07, 6.45) is 2.66. The molecule has 1 heterocycles. The van der Waals surface area contributed by atoms with Crippen LogP contribution in [0.2, 0.25) is 0 Å². The van der Waals surface area contributed by atoms with Crippen LogP contribution in [0.3, 0.4) is 0 Å². The average Bonchev–Trinajstić information content (AvgIpc) is 2.31. The molecular weight excluding hydrogens is 206 g/mol. The minimum atomic E-state index is -0.724. The minimum absolute atomic E-state index is 0.307. The van der Waals surface area contributed by atoms with Crippen LogP contribution < -0.4 is 5.32 Å². The van der Waals surface area contributed by atoms with E-state index >= 15 is 0 Å². The summed E-state index contributed by atoms with van der Waals surface area (Å²) in [7, 11) is 0. The first-order valence-electron chi connectivity index (χ1n) is 4.74. The minimum Gasteiger partial charge on any atom is -0.324 e. The van der Waals surface area contributed by atoms with Gasteiger partial charge in [0, 0.05) is 11.8 Å². The Kier molecular flexibility index (Phi) is 2.86. The van der Waals surface area contributed by atoms with Crippen molar-refractivity contribution in [3.8, 4) is 0 Å². The second kappa shape index (κ2) is 4.48. The summed E-state index contributed by atoms with van der Waals surface area (Å²) in [5, 5.41) is 9.57. The summed E-state index contributed by atoms with van der Waals surface area (Å²) in [5.41, 5.74) is 0.688. The number of nitrogens with zero attached hydrogens (tertiary/aromatic N) is 2. The van der Waals surface area contributed by atoms with Crippen LogP contribution >= 0.6 is 0 Å². The van der Waals surface area contributed by atoms with Crippen molar-refractivity contribution < 1.29 is 9.59 Å². The maximum atomic E-state index is 11.6. The number of hydrogen-bond acceptors (Lipinski definition) is 3. The highest BCUT2D eigenvalue weighted by Crippen LogP contribution is 2.09. The zero-order valence-corrected chi connectivity index (χ0v) is 8.33. The second-order valence-electron chi connectivity index (χ2n) is 3.21. The smallest absolute Gasteiger partial charge is 0.287 e. The molecule has 0 saturated heterocycles. The molecule has 5 heteroatoms. The van der Waals surface area contributed by atoms with Crippen molar-refractivity contribution >= 4 is 17.5 Å². The molecule has 1 aromatic rings. The SMILES string of the molecule is O=C1C=CC(C(=O)Nc2ccccc2)N=N1. The van der Waals surface area contributed by atoms with Gasteiger partial charge in [0.25, 0.3) is 11.8 Å². The molecule has 1 unspecified atom stereocenters. The highest BCUT2D eigenvalue weighted by atomic mass is 16.2. The van der Waals surface area contributed by atoms with Crippen molar-refractivity contribution in [2.75, 3.05) is 5.32 Å². The number of rotatable bonds is 2. The summed E-state index contributed by atoms with van der Waals surface area (Å²) in [4.78, 5) is 22.4. The van der Waals surface area contributed by atoms with E-state index in [1.807, 2.05) is 18.2 Å². The molecule has 1 aliphatic rings. The summed E-state index contributed by atoms with van der Waals surface area (Å²) in [6.45, 7) is 0. The molecular formula is C11H9N3O2. The number of azo groups is 1. The van der Waals surface area contributed by atoms with E-state index in [1.165, 1.54) is 12.2 Å². The number of amides is 2. The first-order valence-corrected chi connectivity index (χ1v) is 4.74. The second-order valence-corrected chi connectivity index (χ2v) is 3.21. The van der Waals surface area contributed by atoms with E-state index in [9.17, 15) is 9.59 Å². The van der Waals surface area contributed by atoms with Gasteiger partial charge in [-0.1, -0.05) is 18.2 Å². The third-order valence-corrected chi connectivity index (χ3v) is 2.01. The molecule has 0 fully saturated rings. The lowest BCUT2D eigenvalue weighted by atomic mass is 10.2. The normalized spacial score (nSPS) is 18.5. The molecule has 0 radical (unpaired) electrons. The van der Waals surface area contributed by atoms with E-state index < -0.39 is 11.9 Å². The van der Waals surface area contributed by atoms with Crippen molar-refractivity contribution in [2.24, 2.45) is 10.2 Å². The van der Waals surface area contributed by atoms with Crippen LogP contribution in [0.1, 0.15) is 0 Å². The molecule has 0 bridgehead atoms. The summed E-state index contributed by atoms with van der Waals surface area (Å²) in [5.74, 6) is -0.748. The number of para-hydroxylation sites is 1. The average molecular weight is 215 g/mol. The van der Waals surface area contributed by atoms with Crippen molar-refractivity contribution in [2.45, 2.75) is 6.04 Å². The molecule has 2 rings (SSSR count). The van der Waals surface area contributed by atoms with Gasteiger partial charge in [0.05, 0.1) is 0 Å². The Bertz CT molecular complexity index is 449. The quantitative estimate of drug-likeness (QED) is 0.812. The summed E-state index contributed by atoms with van der Waals surface area (Å²) >= 11 is 0. The maximum absolute atomic E-state index is 11.6. The van der Waals surface area contributed by atoms with E-state index in [-0.39, 0.29) is 5.91 Å². The van der Waals surface area contributed by atoms with Crippen molar-refractivity contribution in [3.63, 3.8) is 0 Å². The van der Waals surface area contributed by atoms with E-state index in [4.69, 9.17) is 0 Å². The van der Waals surface area contributed by atoms with Crippen LogP contribution in [-0.4, -0.2) is 17.9 Å². The lowest BCUT2D eigenvalue weighted by Gasteiger charge is -2.09. The molecule has 0 aliphatic carbocycles. The molecule has 2 amide bonds. The van der Waals surface area contributed by atoms with Gasteiger partial charge < -0.3 is 5.32 Å². The Morgan fingerprint density at radius 2 is 2.00 bits per heavy atom. The highest BCUT2D eigenvalue weighted by molar-refractivity contribution is 5.98. The Morgan fingerprint density at radius 1 is 1.25 bits per heavy atom. The molecule has 0 spiro atoms. The molecule has 1 aromatic carbocycles. The molecule has 0 saturated carbocycles. The summed E-state index contributed by atoms with van der Waals surface area (Å²) < 4.78 is 0. The van der Waals surface area contributed by atoms with Gasteiger partial charge in [-0.05, 0) is 18.2 Å². The zero-order chi connectivity index (χ0) is 11.4. The van der Waals surface area contributed by atoms with Gasteiger partial charge in [0.1, 0.15) is 0 Å². The molecule has 1 aliphatic heterocycles. The van der Waals surface area contributed by atoms with Gasteiger partial charge in [0.15, 0.2) is 6.04 Å². The van der Waals surface area contributed by atoms with Crippen molar-refractivity contribution in [1.29, 1.82) is 0 Å². The highest BCUT2D eigenvalue weighted by Gasteiger charge is 2.17. The molecule has 5 nitrogen and oxygen atoms in total. The lowest BCUT2D eigenvalue weighted by molar-refractivity contribution is -0.117. The van der Waals surface area contributed by atoms with Crippen molar-refractivity contribution in [1.82, 2.24) is 0 Å². The van der Waals surface area contributed by atoms with Crippen molar-refractivity contribution in [3.05, 3.63) is 42.5 Å². The van der Waals surface area contributed by atoms with Gasteiger partial charge >= 0.3 is 0 Å². The molecule has 0 aromatic heterocycles. The number of carbonyl (C=O) groups excluding carboxylic acids is 2. The maximum Gasteiger partial charge on any atom is 0.287 e. The Labute approximate surface area is 91.9 Å². The van der Waals surface area contributed by atoms with Gasteiger partial charge in [-0.3, -0.25) is 9.59 Å². The van der Waals surface area contributed by atoms with E-state index in [2.05, 4.69) is 15.5 Å². The number of hydrogen-bond donors (Lipinski definition) is 1. The first-order chi connectivity index (χ1) is 7.75. The van der Waals surface area contributed by atoms with Crippen LogP contribution in [-0.2, 0) is 9.59 Å². The third kappa shape index (κ3) is 2.38. The Hall–Kier alpha value is -2.30. The predicted octanol–water partition coefficient (Wildman–Crippen LogP) is 1.54. The van der Waals surface area contributed by atoms with Crippen LogP contribution in [0.5, 0.6) is 0 Å². The van der Waals surface area contributed by atoms with E-state index in [1.54, 1.807) is 12.1 Å². The van der Waals surface area contributed by atoms with Crippen LogP contribution in [0.25, 0.3) is 0 Å². The molecule has 16 heavy (non-hydrogen) atoms. The third-order valence-electron chi connectivity index (χ3n) is 2.01. The lowest BCUT2D eigenvalue weighted by Crippen LogP contribution is -2.25. The van der Waals surface area contributed by atoms with Gasteiger partial charge in [-0.2, -0.15) is 5.11 Å². The number of carbonyl (C=O) groups is 2. The monoisotopic (exact) mass is 215 g/mol. The predicted molar refractivity (Wildman–Crippen MR) is 57.9 cm³/mol. The van der Waals surface area contributed by atoms with Crippen LogP contribution in [0.4, 0.5) is 5.69 Å². The van der Waals surface area contributed by atoms with Gasteiger partial charge in [0.2, 0.25) is 0 Å². The fourth-order valence-corrected chi connectivity index (χ4v) is 1.24. The Morgan fingerprint density at radius 3 is 2.62 bits per heavy atom. The topological polar surface area (TPSA) is 70.9 Å². The zero-order valence-electron chi connectivity index (χ0n) is 8.33.